The minimum absolute atomic E-state index is 0.162. The third-order valence-corrected chi connectivity index (χ3v) is 5.43. The van der Waals surface area contributed by atoms with Crippen molar-refractivity contribution in [1.29, 1.82) is 0 Å². The zero-order valence-corrected chi connectivity index (χ0v) is 17.1. The maximum Gasteiger partial charge on any atom is 0.256 e. The monoisotopic (exact) mass is 381 g/mol. The minimum atomic E-state index is -1.33. The van der Waals surface area contributed by atoms with Crippen molar-refractivity contribution in [3.05, 3.63) is 65.5 Å². The first-order valence-corrected chi connectivity index (χ1v) is 10.1. The molecule has 1 aromatic carbocycles. The summed E-state index contributed by atoms with van der Waals surface area (Å²) in [5.74, 6) is 0.329. The highest BCUT2D eigenvalue weighted by atomic mass is 16.3. The highest BCUT2D eigenvalue weighted by Crippen LogP contribution is 2.26. The molecule has 5 heteroatoms. The van der Waals surface area contributed by atoms with Gasteiger partial charge in [0.25, 0.3) is 5.91 Å². The van der Waals surface area contributed by atoms with Crippen molar-refractivity contribution in [2.24, 2.45) is 0 Å². The molecule has 3 rings (SSSR count). The first-order chi connectivity index (χ1) is 13.4. The van der Waals surface area contributed by atoms with Crippen molar-refractivity contribution in [3.8, 4) is 0 Å². The molecule has 28 heavy (non-hydrogen) atoms. The lowest BCUT2D eigenvalue weighted by Crippen LogP contribution is -2.57. The molecule has 0 bridgehead atoms. The molecule has 2 aromatic rings. The number of aromatic nitrogens is 1. The topological polar surface area (TPSA) is 56.7 Å². The van der Waals surface area contributed by atoms with Crippen LogP contribution in [0, 0.1) is 0 Å². The smallest absolute Gasteiger partial charge is 0.256 e. The fraction of sp³-hybridized carbons (Fsp3) is 0.478. The Morgan fingerprint density at radius 2 is 1.96 bits per heavy atom. The van der Waals surface area contributed by atoms with Gasteiger partial charge in [0.05, 0.1) is 0 Å². The van der Waals surface area contributed by atoms with Crippen LogP contribution in [0.5, 0.6) is 0 Å². The second kappa shape index (κ2) is 8.84. The van der Waals surface area contributed by atoms with Crippen LogP contribution in [0.15, 0.2) is 48.8 Å². The maximum atomic E-state index is 13.1. The first kappa shape index (κ1) is 20.5. The quantitative estimate of drug-likeness (QED) is 0.800. The van der Waals surface area contributed by atoms with Crippen LogP contribution < -0.4 is 0 Å². The van der Waals surface area contributed by atoms with E-state index in [4.69, 9.17) is 0 Å². The Labute approximate surface area is 168 Å². The highest BCUT2D eigenvalue weighted by Gasteiger charge is 2.42. The molecule has 150 valence electrons. The molecule has 0 spiro atoms. The van der Waals surface area contributed by atoms with Crippen LogP contribution >= 0.6 is 0 Å². The summed E-state index contributed by atoms with van der Waals surface area (Å²) in [7, 11) is 1.93. The van der Waals surface area contributed by atoms with Gasteiger partial charge < -0.3 is 10.0 Å². The summed E-state index contributed by atoms with van der Waals surface area (Å²) in [5.41, 5.74) is 2.14. The number of hydrogen-bond donors (Lipinski definition) is 1. The third-order valence-electron chi connectivity index (χ3n) is 5.43. The number of benzene rings is 1. The molecule has 5 nitrogen and oxygen atoms in total. The molecule has 1 aromatic heterocycles. The summed E-state index contributed by atoms with van der Waals surface area (Å²) in [5, 5.41) is 11.1. The Morgan fingerprint density at radius 1 is 1.21 bits per heavy atom. The molecule has 1 N–H and O–H groups in total. The van der Waals surface area contributed by atoms with Crippen LogP contribution in [0.2, 0.25) is 0 Å². The summed E-state index contributed by atoms with van der Waals surface area (Å²) in [4.78, 5) is 21.0. The van der Waals surface area contributed by atoms with Gasteiger partial charge in [-0.05, 0) is 48.6 Å². The highest BCUT2D eigenvalue weighted by molar-refractivity contribution is 5.86. The van der Waals surface area contributed by atoms with Gasteiger partial charge in [0.1, 0.15) is 0 Å². The van der Waals surface area contributed by atoms with E-state index in [-0.39, 0.29) is 5.91 Å². The minimum Gasteiger partial charge on any atom is -0.379 e. The van der Waals surface area contributed by atoms with Gasteiger partial charge in [-0.2, -0.15) is 0 Å². The number of carbonyl (C=O) groups excluding carboxylic acids is 1. The van der Waals surface area contributed by atoms with E-state index in [1.165, 1.54) is 5.56 Å². The number of aliphatic hydroxyl groups is 1. The number of piperidine rings is 1. The lowest BCUT2D eigenvalue weighted by atomic mass is 9.90. The number of rotatable bonds is 7. The van der Waals surface area contributed by atoms with Gasteiger partial charge in [0.15, 0.2) is 5.60 Å². The lowest BCUT2D eigenvalue weighted by Gasteiger charge is -2.40. The standard InChI is InChI=1S/C23H31N3O2/c1-18(2)21-9-7-19(8-10-21)16-26-13-5-11-23(28,22(26)27)17-25(3)15-20-6-4-12-24-14-20/h4,6-10,12,14,18,28H,5,11,13,15-17H2,1-3H3/t23-/m1/s1. The Kier molecular flexibility index (Phi) is 6.47. The SMILES string of the molecule is CC(C)c1ccc(CN2CCC[C@@](O)(CN(C)Cc3cccnc3)C2=O)cc1. The molecule has 1 atom stereocenters. The van der Waals surface area contributed by atoms with Gasteiger partial charge in [0.2, 0.25) is 0 Å². The lowest BCUT2D eigenvalue weighted by molar-refractivity contribution is -0.160. The molecule has 1 fully saturated rings. The molecule has 1 saturated heterocycles. The number of likely N-dealkylation sites (N-methyl/N-ethyl adjacent to an activating group) is 1. The zero-order valence-electron chi connectivity index (χ0n) is 17.1. The fourth-order valence-corrected chi connectivity index (χ4v) is 3.90. The third kappa shape index (κ3) is 4.97. The molecule has 1 aliphatic rings. The van der Waals surface area contributed by atoms with Crippen molar-refractivity contribution >= 4 is 5.91 Å². The second-order valence-electron chi connectivity index (χ2n) is 8.29. The van der Waals surface area contributed by atoms with Gasteiger partial charge in [-0.3, -0.25) is 14.7 Å². The number of pyridine rings is 1. The summed E-state index contributed by atoms with van der Waals surface area (Å²) in [6.07, 6.45) is 4.88. The molecule has 0 aliphatic carbocycles. The molecular formula is C23H31N3O2. The Morgan fingerprint density at radius 3 is 2.61 bits per heavy atom. The summed E-state index contributed by atoms with van der Waals surface area (Å²) < 4.78 is 0. The van der Waals surface area contributed by atoms with Crippen molar-refractivity contribution < 1.29 is 9.90 Å². The predicted molar refractivity (Wildman–Crippen MR) is 111 cm³/mol. The van der Waals surface area contributed by atoms with Gasteiger partial charge in [-0.1, -0.05) is 44.2 Å². The summed E-state index contributed by atoms with van der Waals surface area (Å²) >= 11 is 0. The second-order valence-corrected chi connectivity index (χ2v) is 8.29. The van der Waals surface area contributed by atoms with Crippen LogP contribution in [0.4, 0.5) is 0 Å². The average Bonchev–Trinajstić information content (AvgIpc) is 2.66. The number of carbonyl (C=O) groups is 1. The normalized spacial score (nSPS) is 20.2. The number of amides is 1. The molecule has 0 radical (unpaired) electrons. The van der Waals surface area contributed by atoms with Crippen LogP contribution in [0.25, 0.3) is 0 Å². The zero-order chi connectivity index (χ0) is 20.1. The van der Waals surface area contributed by atoms with Gasteiger partial charge >= 0.3 is 0 Å². The first-order valence-electron chi connectivity index (χ1n) is 10.1. The van der Waals surface area contributed by atoms with E-state index in [0.717, 1.165) is 17.5 Å². The van der Waals surface area contributed by atoms with Crippen molar-refractivity contribution in [2.45, 2.75) is 51.3 Å². The average molecular weight is 382 g/mol. The van der Waals surface area contributed by atoms with Crippen LogP contribution in [0.1, 0.15) is 49.3 Å². The van der Waals surface area contributed by atoms with Crippen molar-refractivity contribution in [1.82, 2.24) is 14.8 Å². The van der Waals surface area contributed by atoms with Crippen LogP contribution in [-0.2, 0) is 17.9 Å². The number of hydrogen-bond acceptors (Lipinski definition) is 4. The molecule has 2 heterocycles. The van der Waals surface area contributed by atoms with E-state index in [1.807, 2.05) is 30.3 Å². The molecule has 1 amide bonds. The Balaban J connectivity index is 1.63. The van der Waals surface area contributed by atoms with E-state index < -0.39 is 5.60 Å². The van der Waals surface area contributed by atoms with Crippen molar-refractivity contribution in [3.63, 3.8) is 0 Å². The van der Waals surface area contributed by atoms with Gasteiger partial charge in [-0.15, -0.1) is 0 Å². The molecule has 1 aliphatic heterocycles. The number of nitrogens with zero attached hydrogens (tertiary/aromatic N) is 3. The number of likely N-dealkylation sites (tertiary alicyclic amines) is 1. The maximum absolute atomic E-state index is 13.1. The van der Waals surface area contributed by atoms with E-state index in [9.17, 15) is 9.90 Å². The predicted octanol–water partition coefficient (Wildman–Crippen LogP) is 3.19. The van der Waals surface area contributed by atoms with Crippen LogP contribution in [0.3, 0.4) is 0 Å². The largest absolute Gasteiger partial charge is 0.379 e. The van der Waals surface area contributed by atoms with Crippen LogP contribution in [-0.4, -0.2) is 51.5 Å². The molecule has 0 unspecified atom stereocenters. The van der Waals surface area contributed by atoms with E-state index in [1.54, 1.807) is 11.1 Å². The van der Waals surface area contributed by atoms with Crippen molar-refractivity contribution in [2.75, 3.05) is 20.1 Å². The van der Waals surface area contributed by atoms with E-state index in [0.29, 0.717) is 38.5 Å². The van der Waals surface area contributed by atoms with Gasteiger partial charge in [-0.25, -0.2) is 0 Å². The van der Waals surface area contributed by atoms with E-state index in [2.05, 4.69) is 43.1 Å². The van der Waals surface area contributed by atoms with Gasteiger partial charge in [0, 0.05) is 38.6 Å². The van der Waals surface area contributed by atoms with E-state index >= 15 is 0 Å². The Bertz CT molecular complexity index is 776. The summed E-state index contributed by atoms with van der Waals surface area (Å²) in [6.45, 7) is 6.56. The molecular weight excluding hydrogens is 350 g/mol. The molecule has 0 saturated carbocycles. The Hall–Kier alpha value is -2.24. The summed E-state index contributed by atoms with van der Waals surface area (Å²) in [6, 6.07) is 12.3. The fourth-order valence-electron chi connectivity index (χ4n) is 3.90.